The summed E-state index contributed by atoms with van der Waals surface area (Å²) in [6, 6.07) is 0. The van der Waals surface area contributed by atoms with E-state index in [0.29, 0.717) is 0 Å². The van der Waals surface area contributed by atoms with Crippen molar-refractivity contribution in [3.63, 3.8) is 0 Å². The molecule has 0 aromatic carbocycles. The van der Waals surface area contributed by atoms with Gasteiger partial charge in [0.2, 0.25) is 0 Å². The van der Waals surface area contributed by atoms with Gasteiger partial charge in [0.1, 0.15) is 0 Å². The first-order chi connectivity index (χ1) is 12.6. The zero-order valence-electron chi connectivity index (χ0n) is 19.1. The predicted molar refractivity (Wildman–Crippen MR) is 117 cm³/mol. The van der Waals surface area contributed by atoms with E-state index in [1.54, 1.807) is 19.3 Å². The minimum Gasteiger partial charge on any atom is -0.0654 e. The van der Waals surface area contributed by atoms with Crippen LogP contribution in [0.15, 0.2) is 0 Å². The molecule has 154 valence electrons. The molecule has 0 spiro atoms. The molecule has 3 fully saturated rings. The lowest BCUT2D eigenvalue weighted by molar-refractivity contribution is -0.0660. The van der Waals surface area contributed by atoms with Crippen molar-refractivity contribution < 1.29 is 0 Å². The number of rotatable bonds is 12. The lowest BCUT2D eigenvalue weighted by Gasteiger charge is -2.56. The number of hydrogen-bond acceptors (Lipinski definition) is 0. The van der Waals surface area contributed by atoms with Gasteiger partial charge in [0, 0.05) is 0 Å². The Morgan fingerprint density at radius 1 is 0.923 bits per heavy atom. The molecule has 0 aromatic heterocycles. The third-order valence-electron chi connectivity index (χ3n) is 8.58. The van der Waals surface area contributed by atoms with Gasteiger partial charge < -0.3 is 0 Å². The molecule has 8 atom stereocenters. The van der Waals surface area contributed by atoms with Crippen molar-refractivity contribution in [3.05, 3.63) is 0 Å². The van der Waals surface area contributed by atoms with Crippen LogP contribution < -0.4 is 0 Å². The third kappa shape index (κ3) is 5.29. The molecule has 3 aliphatic rings. The number of hydrogen-bond donors (Lipinski definition) is 0. The van der Waals surface area contributed by atoms with Crippen LogP contribution in [-0.4, -0.2) is 0 Å². The highest BCUT2D eigenvalue weighted by atomic mass is 14.5. The van der Waals surface area contributed by atoms with Crippen LogP contribution in [0.1, 0.15) is 119 Å². The van der Waals surface area contributed by atoms with Crippen LogP contribution in [0.2, 0.25) is 0 Å². The van der Waals surface area contributed by atoms with Crippen molar-refractivity contribution in [1.82, 2.24) is 0 Å². The summed E-state index contributed by atoms with van der Waals surface area (Å²) in [6.45, 7) is 14.9. The summed E-state index contributed by atoms with van der Waals surface area (Å²) in [5, 5.41) is 0. The summed E-state index contributed by atoms with van der Waals surface area (Å²) in [4.78, 5) is 0. The van der Waals surface area contributed by atoms with E-state index >= 15 is 0 Å². The molecule has 26 heavy (non-hydrogen) atoms. The zero-order chi connectivity index (χ0) is 19.1. The molecule has 0 heteroatoms. The number of fused-ring (bicyclic) bond motifs is 3. The molecule has 0 heterocycles. The van der Waals surface area contributed by atoms with Crippen LogP contribution in [0.25, 0.3) is 0 Å². The molecular formula is C26H50. The van der Waals surface area contributed by atoms with Crippen LogP contribution in [0.3, 0.4) is 0 Å². The van der Waals surface area contributed by atoms with Crippen molar-refractivity contribution in [3.8, 4) is 0 Å². The normalized spacial score (nSPS) is 34.6. The van der Waals surface area contributed by atoms with Crippen LogP contribution >= 0.6 is 0 Å². The van der Waals surface area contributed by atoms with Crippen LogP contribution in [0.5, 0.6) is 0 Å². The highest BCUT2D eigenvalue weighted by Gasteiger charge is 2.49. The predicted octanol–water partition coefficient (Wildman–Crippen LogP) is 8.74. The Morgan fingerprint density at radius 2 is 1.69 bits per heavy atom. The molecule has 0 amide bonds. The largest absolute Gasteiger partial charge is 0.0654 e. The fraction of sp³-hybridized carbons (Fsp3) is 1.00. The number of unbranched alkanes of at least 4 members (excludes halogenated alkanes) is 1. The van der Waals surface area contributed by atoms with Gasteiger partial charge in [-0.15, -0.1) is 0 Å². The second-order valence-electron chi connectivity index (χ2n) is 10.3. The van der Waals surface area contributed by atoms with Gasteiger partial charge in [-0.1, -0.05) is 92.9 Å². The Labute approximate surface area is 166 Å². The van der Waals surface area contributed by atoms with Crippen molar-refractivity contribution in [2.24, 2.45) is 47.3 Å². The molecule has 0 aliphatic heterocycles. The van der Waals surface area contributed by atoms with Gasteiger partial charge in [-0.05, 0) is 73.0 Å². The van der Waals surface area contributed by atoms with Gasteiger partial charge >= 0.3 is 0 Å². The lowest BCUT2D eigenvalue weighted by atomic mass is 9.49. The average Bonchev–Trinajstić information content (AvgIpc) is 2.64. The molecule has 0 radical (unpaired) electrons. The molecule has 2 bridgehead atoms. The maximum Gasteiger partial charge on any atom is -0.0324 e. The third-order valence-corrected chi connectivity index (χ3v) is 8.58. The Balaban J connectivity index is 2.12. The summed E-state index contributed by atoms with van der Waals surface area (Å²) < 4.78 is 0. The highest BCUT2D eigenvalue weighted by Crippen LogP contribution is 2.57. The van der Waals surface area contributed by atoms with Gasteiger partial charge in [-0.3, -0.25) is 0 Å². The van der Waals surface area contributed by atoms with E-state index in [4.69, 9.17) is 0 Å². The molecular weight excluding hydrogens is 312 g/mol. The Kier molecular flexibility index (Phi) is 9.53. The van der Waals surface area contributed by atoms with Crippen molar-refractivity contribution in [2.75, 3.05) is 0 Å². The van der Waals surface area contributed by atoms with Crippen LogP contribution in [0, 0.1) is 47.3 Å². The Morgan fingerprint density at radius 3 is 2.27 bits per heavy atom. The molecule has 3 rings (SSSR count). The fourth-order valence-electron chi connectivity index (χ4n) is 7.36. The summed E-state index contributed by atoms with van der Waals surface area (Å²) in [5.41, 5.74) is 0. The summed E-state index contributed by atoms with van der Waals surface area (Å²) >= 11 is 0. The van der Waals surface area contributed by atoms with E-state index in [0.717, 1.165) is 47.3 Å². The maximum atomic E-state index is 2.64. The SMILES string of the molecule is CCCCC(CC)CC(C)C(CCC)C1C2CCC(C(C)C2)C1CCC. The summed E-state index contributed by atoms with van der Waals surface area (Å²) in [6.07, 6.45) is 17.6. The first-order valence-corrected chi connectivity index (χ1v) is 12.6. The first kappa shape index (κ1) is 22.3. The van der Waals surface area contributed by atoms with Crippen LogP contribution in [0.4, 0.5) is 0 Å². The van der Waals surface area contributed by atoms with E-state index in [9.17, 15) is 0 Å². The van der Waals surface area contributed by atoms with Crippen molar-refractivity contribution in [2.45, 2.75) is 119 Å². The zero-order valence-corrected chi connectivity index (χ0v) is 19.1. The first-order valence-electron chi connectivity index (χ1n) is 12.6. The molecule has 0 saturated heterocycles. The van der Waals surface area contributed by atoms with E-state index in [1.807, 2.05) is 0 Å². The lowest BCUT2D eigenvalue weighted by Crippen LogP contribution is -2.48. The quantitative estimate of drug-likeness (QED) is 0.325. The summed E-state index contributed by atoms with van der Waals surface area (Å²) in [5.74, 6) is 8.16. The van der Waals surface area contributed by atoms with E-state index in [1.165, 1.54) is 57.8 Å². The van der Waals surface area contributed by atoms with E-state index in [-0.39, 0.29) is 0 Å². The van der Waals surface area contributed by atoms with Gasteiger partial charge in [0.25, 0.3) is 0 Å². The maximum absolute atomic E-state index is 2.64. The van der Waals surface area contributed by atoms with Gasteiger partial charge in [0.15, 0.2) is 0 Å². The van der Waals surface area contributed by atoms with Gasteiger partial charge in [-0.25, -0.2) is 0 Å². The second-order valence-corrected chi connectivity index (χ2v) is 10.3. The van der Waals surface area contributed by atoms with Gasteiger partial charge in [0.05, 0.1) is 0 Å². The highest BCUT2D eigenvalue weighted by molar-refractivity contribution is 4.98. The van der Waals surface area contributed by atoms with E-state index in [2.05, 4.69) is 41.5 Å². The smallest absolute Gasteiger partial charge is 0.0324 e. The van der Waals surface area contributed by atoms with Crippen LogP contribution in [-0.2, 0) is 0 Å². The molecule has 0 aromatic rings. The van der Waals surface area contributed by atoms with Gasteiger partial charge in [-0.2, -0.15) is 0 Å². The Hall–Kier alpha value is 0. The van der Waals surface area contributed by atoms with Crippen molar-refractivity contribution in [1.29, 1.82) is 0 Å². The molecule has 0 nitrogen and oxygen atoms in total. The monoisotopic (exact) mass is 362 g/mol. The average molecular weight is 363 g/mol. The summed E-state index contributed by atoms with van der Waals surface area (Å²) in [7, 11) is 0. The fourth-order valence-corrected chi connectivity index (χ4v) is 7.36. The minimum atomic E-state index is 0.941. The minimum absolute atomic E-state index is 0.941. The topological polar surface area (TPSA) is 0 Å². The second kappa shape index (κ2) is 11.1. The standard InChI is InChI=1S/C26H50/c1-7-11-14-21(10-4)17-19(5)24(12-8-2)26-22-15-16-23(20(6)18-22)25(26)13-9-3/h19-26H,7-18H2,1-6H3. The molecule has 3 saturated carbocycles. The van der Waals surface area contributed by atoms with Crippen molar-refractivity contribution >= 4 is 0 Å². The molecule has 8 unspecified atom stereocenters. The van der Waals surface area contributed by atoms with E-state index < -0.39 is 0 Å². The molecule has 3 aliphatic carbocycles. The Bertz CT molecular complexity index is 372. The molecule has 0 N–H and O–H groups in total.